The number of nitrogens with two attached hydrogens (primary N) is 2. The van der Waals surface area contributed by atoms with Crippen LogP contribution >= 0.6 is 0 Å². The lowest BCUT2D eigenvalue weighted by molar-refractivity contribution is -0.171. The fourth-order valence-electron chi connectivity index (χ4n) is 10.7. The molecule has 12 atom stereocenters. The van der Waals surface area contributed by atoms with Gasteiger partial charge in [-0.1, -0.05) is 174 Å². The predicted molar refractivity (Wildman–Crippen MR) is 307 cm³/mol. The van der Waals surface area contributed by atoms with Crippen LogP contribution in [0.4, 0.5) is 8.78 Å². The molecule has 0 heterocycles. The van der Waals surface area contributed by atoms with E-state index >= 15 is 18.4 Å². The van der Waals surface area contributed by atoms with Crippen LogP contribution in [0.3, 0.4) is 0 Å². The first-order valence-electron chi connectivity index (χ1n) is 28.3. The number of Topliss-reactive ketones (excluding diaryl/α,β-unsaturated/α-hetero) is 2. The molecule has 2 aliphatic rings. The molecule has 0 unspecified atom stereocenters. The van der Waals surface area contributed by atoms with Gasteiger partial charge in [0.15, 0.2) is 23.8 Å². The quantitative estimate of drug-likeness (QED) is 0.0213. The molecule has 0 saturated carbocycles. The number of hydrogen-bond donors (Lipinski definition) is 6. The van der Waals surface area contributed by atoms with Gasteiger partial charge < -0.3 is 51.3 Å². The van der Waals surface area contributed by atoms with Crippen molar-refractivity contribution in [1.29, 1.82) is 0 Å². The van der Waals surface area contributed by atoms with Gasteiger partial charge in [-0.3, -0.25) is 28.8 Å². The van der Waals surface area contributed by atoms with Gasteiger partial charge in [0, 0.05) is 33.4 Å². The van der Waals surface area contributed by atoms with Crippen LogP contribution in [0.2, 0.25) is 0 Å². The Morgan fingerprint density at radius 2 is 0.833 bits per heavy atom. The molecule has 442 valence electrons. The summed E-state index contributed by atoms with van der Waals surface area (Å²) in [6, 6.07) is 34.3. The van der Waals surface area contributed by atoms with Crippen molar-refractivity contribution in [2.24, 2.45) is 35.1 Å². The van der Waals surface area contributed by atoms with E-state index in [0.29, 0.717) is 46.2 Å². The second kappa shape index (κ2) is 28.6. The molecule has 6 aromatic carbocycles. The molecule has 84 heavy (non-hydrogen) atoms. The van der Waals surface area contributed by atoms with Gasteiger partial charge in [-0.2, -0.15) is 0 Å². The molecular formula is C66H72F2N4O12. The molecule has 6 aromatic rings. The first-order chi connectivity index (χ1) is 40.4. The van der Waals surface area contributed by atoms with Gasteiger partial charge in [-0.05, 0) is 59.1 Å². The van der Waals surface area contributed by atoms with E-state index in [-0.39, 0.29) is 60.1 Å². The Morgan fingerprint density at radius 3 is 1.20 bits per heavy atom. The second-order valence-corrected chi connectivity index (χ2v) is 21.7. The topological polar surface area (TPSA) is 256 Å². The van der Waals surface area contributed by atoms with Gasteiger partial charge in [0.2, 0.25) is 0 Å². The third kappa shape index (κ3) is 14.4. The Bertz CT molecular complexity index is 3110. The van der Waals surface area contributed by atoms with E-state index in [1.54, 1.807) is 97.1 Å². The Hall–Kier alpha value is -7.84. The number of esters is 2. The Labute approximate surface area is 487 Å². The van der Waals surface area contributed by atoms with Crippen LogP contribution in [0.15, 0.2) is 146 Å². The van der Waals surface area contributed by atoms with Crippen molar-refractivity contribution < 1.29 is 66.7 Å². The highest BCUT2D eigenvalue weighted by molar-refractivity contribution is 6.02. The highest BCUT2D eigenvalue weighted by atomic mass is 19.1. The number of halogens is 2. The van der Waals surface area contributed by atoms with Crippen LogP contribution in [-0.2, 0) is 77.4 Å². The molecule has 0 saturated heterocycles. The van der Waals surface area contributed by atoms with E-state index < -0.39 is 121 Å². The van der Waals surface area contributed by atoms with E-state index in [9.17, 15) is 29.4 Å². The normalized spacial score (nSPS) is 19.0. The van der Waals surface area contributed by atoms with E-state index in [1.807, 2.05) is 27.7 Å². The third-order valence-electron chi connectivity index (χ3n) is 16.3. The summed E-state index contributed by atoms with van der Waals surface area (Å²) in [5, 5.41) is 30.7. The number of fused-ring (bicyclic) bond motifs is 2. The molecule has 2 aliphatic carbocycles. The first kappa shape index (κ1) is 62.2. The summed E-state index contributed by atoms with van der Waals surface area (Å²) in [5.74, 6) is -7.98. The molecule has 0 aromatic heterocycles. The van der Waals surface area contributed by atoms with Gasteiger partial charge in [0.25, 0.3) is 11.8 Å². The van der Waals surface area contributed by atoms with Crippen molar-refractivity contribution in [2.45, 2.75) is 128 Å². The van der Waals surface area contributed by atoms with Crippen molar-refractivity contribution in [3.63, 3.8) is 0 Å². The van der Waals surface area contributed by atoms with Gasteiger partial charge in [-0.25, -0.2) is 8.78 Å². The zero-order valence-electron chi connectivity index (χ0n) is 47.3. The molecule has 0 aliphatic heterocycles. The Morgan fingerprint density at radius 1 is 0.500 bits per heavy atom. The second-order valence-electron chi connectivity index (χ2n) is 21.7. The first-order valence-corrected chi connectivity index (χ1v) is 28.3. The average molecular weight is 1150 g/mol. The van der Waals surface area contributed by atoms with Gasteiger partial charge in [-0.15, -0.1) is 0 Å². The minimum Gasteiger partial charge on any atom is -0.460 e. The number of rotatable bonds is 27. The lowest BCUT2D eigenvalue weighted by Gasteiger charge is -2.33. The Balaban J connectivity index is 1.10. The maximum atomic E-state index is 15.3. The number of carbonyl (C=O) groups excluding carboxylic acids is 6. The fourth-order valence-corrected chi connectivity index (χ4v) is 10.7. The minimum atomic E-state index is -2.37. The van der Waals surface area contributed by atoms with Crippen LogP contribution in [0.5, 0.6) is 0 Å². The zero-order chi connectivity index (χ0) is 60.2. The van der Waals surface area contributed by atoms with E-state index in [2.05, 4.69) is 10.6 Å². The number of aliphatic hydroxyl groups is 2. The van der Waals surface area contributed by atoms with Crippen LogP contribution in [0.25, 0.3) is 0 Å². The standard InChI is InChI=1S/C66H72F2N4O12/c1-5-37(3)53(69)65(79)83-33-41-21-9-15-27-47(41)57(73)49-31-39-19-7-13-25-45(39)55(49)71-63(77)61(81-35-43-23-11-17-29-51(43)67)59(75)60(76)62(82-36-44-24-12-18-30-52(44)68)64(78)72-56-46-26-14-8-20-40(46)32-50(56)58(74)48-28-16-10-22-42(48)34-84-66(80)54(70)38(4)6-2/h7-30,37-38,49-50,53-56,59-62,75-76H,5-6,31-36,69-70H2,1-4H3,(H,71,77)(H,72,78)/t37-,38-,49+,50+,53-,54-,55+,56+,59+,60+,61+,62+/m0/s1. The summed E-state index contributed by atoms with van der Waals surface area (Å²) in [6.07, 6.45) is -7.41. The van der Waals surface area contributed by atoms with E-state index in [1.165, 1.54) is 36.4 Å². The minimum absolute atomic E-state index is 0.0335. The molecular weight excluding hydrogens is 1080 g/mol. The molecule has 0 fully saturated rings. The zero-order valence-corrected chi connectivity index (χ0v) is 47.3. The number of nitrogens with one attached hydrogen (secondary N) is 2. The van der Waals surface area contributed by atoms with Crippen molar-refractivity contribution in [1.82, 2.24) is 10.6 Å². The number of amides is 2. The summed E-state index contributed by atoms with van der Waals surface area (Å²) in [6.45, 7) is 5.66. The van der Waals surface area contributed by atoms with Crippen molar-refractivity contribution in [3.8, 4) is 0 Å². The van der Waals surface area contributed by atoms with Crippen molar-refractivity contribution in [3.05, 3.63) is 213 Å². The van der Waals surface area contributed by atoms with Crippen LogP contribution < -0.4 is 22.1 Å². The highest BCUT2D eigenvalue weighted by Crippen LogP contribution is 2.41. The highest BCUT2D eigenvalue weighted by Gasteiger charge is 2.47. The molecule has 0 spiro atoms. The van der Waals surface area contributed by atoms with Gasteiger partial charge in [0.1, 0.15) is 49.1 Å². The lowest BCUT2D eigenvalue weighted by atomic mass is 9.88. The van der Waals surface area contributed by atoms with Crippen LogP contribution in [0, 0.1) is 35.3 Å². The maximum Gasteiger partial charge on any atom is 0.323 e. The molecule has 0 bridgehead atoms. The lowest BCUT2D eigenvalue weighted by Crippen LogP contribution is -2.57. The van der Waals surface area contributed by atoms with E-state index in [4.69, 9.17) is 30.4 Å². The molecule has 18 heteroatoms. The van der Waals surface area contributed by atoms with E-state index in [0.717, 1.165) is 12.1 Å². The van der Waals surface area contributed by atoms with Gasteiger partial charge >= 0.3 is 11.9 Å². The number of aliphatic hydroxyl groups excluding tert-OH is 2. The molecule has 2 amide bonds. The number of ether oxygens (including phenoxy) is 4. The Kier molecular flexibility index (Phi) is 21.2. The molecule has 16 nitrogen and oxygen atoms in total. The average Bonchev–Trinajstić information content (AvgIpc) is 2.82. The summed E-state index contributed by atoms with van der Waals surface area (Å²) < 4.78 is 53.9. The molecule has 0 radical (unpaired) electrons. The van der Waals surface area contributed by atoms with Crippen LogP contribution in [0.1, 0.15) is 118 Å². The largest absolute Gasteiger partial charge is 0.460 e. The number of carbonyl (C=O) groups is 6. The number of benzene rings is 6. The summed E-state index contributed by atoms with van der Waals surface area (Å²) in [7, 11) is 0. The maximum absolute atomic E-state index is 15.3. The summed E-state index contributed by atoms with van der Waals surface area (Å²) in [4.78, 5) is 85.8. The van der Waals surface area contributed by atoms with Gasteiger partial charge in [0.05, 0.1) is 37.1 Å². The number of hydrogen-bond acceptors (Lipinski definition) is 14. The van der Waals surface area contributed by atoms with Crippen molar-refractivity contribution >= 4 is 35.3 Å². The number of ketones is 2. The third-order valence-corrected chi connectivity index (χ3v) is 16.3. The smallest absolute Gasteiger partial charge is 0.323 e. The predicted octanol–water partition coefficient (Wildman–Crippen LogP) is 7.82. The fraction of sp³-hybridized carbons (Fsp3) is 0.364. The summed E-state index contributed by atoms with van der Waals surface area (Å²) >= 11 is 0. The molecule has 8 N–H and O–H groups in total. The monoisotopic (exact) mass is 1150 g/mol. The molecule has 8 rings (SSSR count). The summed E-state index contributed by atoms with van der Waals surface area (Å²) in [5.41, 5.74) is 16.0. The van der Waals surface area contributed by atoms with Crippen LogP contribution in [-0.4, -0.2) is 82.0 Å². The SMILES string of the molecule is CC[C@H](C)[C@H](N)C(=O)OCc1ccccc1C(=O)[C@@H]1Cc2ccccc2[C@H]1NC(=O)[C@H](OCc1ccccc1F)[C@H](O)[C@@H](O)[C@@H](OCc1ccccc1F)C(=O)N[C@@H]1c2ccccc2C[C@H]1C(=O)c1ccccc1COC(=O)[C@@H](N)[C@@H](C)CC. The van der Waals surface area contributed by atoms with Crippen molar-refractivity contribution in [2.75, 3.05) is 0 Å².